The van der Waals surface area contributed by atoms with E-state index < -0.39 is 0 Å². The van der Waals surface area contributed by atoms with Gasteiger partial charge in [-0.05, 0) is 35.0 Å². The van der Waals surface area contributed by atoms with Gasteiger partial charge in [0, 0.05) is 10.5 Å². The topological polar surface area (TPSA) is 0 Å². The van der Waals surface area contributed by atoms with Crippen molar-refractivity contribution in [3.63, 3.8) is 0 Å². The summed E-state index contributed by atoms with van der Waals surface area (Å²) in [4.78, 5) is 0. The number of hydrogen-bond donors (Lipinski definition) is 0. The zero-order chi connectivity index (χ0) is 11.1. The summed E-state index contributed by atoms with van der Waals surface area (Å²) in [6.45, 7) is 0. The lowest BCUT2D eigenvalue weighted by molar-refractivity contribution is -0.00000313. The van der Waals surface area contributed by atoms with Gasteiger partial charge < -0.3 is 24.0 Å². The molecule has 0 aliphatic heterocycles. The van der Waals surface area contributed by atoms with Gasteiger partial charge in [-0.25, -0.2) is 0 Å². The van der Waals surface area contributed by atoms with Gasteiger partial charge in [0.25, 0.3) is 0 Å². The minimum absolute atomic E-state index is 0. The fourth-order valence-corrected chi connectivity index (χ4v) is 2.00. The van der Waals surface area contributed by atoms with Crippen molar-refractivity contribution in [1.82, 2.24) is 4.48 Å². The molecule has 1 nitrogen and oxygen atoms in total. The van der Waals surface area contributed by atoms with E-state index in [-0.39, 0.29) is 24.0 Å². The monoisotopic (exact) mass is 391 g/mol. The summed E-state index contributed by atoms with van der Waals surface area (Å²) in [7, 11) is 6.54. The number of hydrogen-bond acceptors (Lipinski definition) is 0. The summed E-state index contributed by atoms with van der Waals surface area (Å²) >= 11 is 3.49. The maximum atomic E-state index is 3.49. The maximum Gasteiger partial charge on any atom is 0.132 e. The van der Waals surface area contributed by atoms with Crippen molar-refractivity contribution in [3.8, 4) is 0 Å². The second-order valence-electron chi connectivity index (χ2n) is 4.69. The minimum Gasteiger partial charge on any atom is -1.00 e. The van der Waals surface area contributed by atoms with Crippen molar-refractivity contribution in [3.05, 3.63) is 40.9 Å². The van der Waals surface area contributed by atoms with Crippen molar-refractivity contribution >= 4 is 32.4 Å². The molecule has 0 bridgehead atoms. The van der Waals surface area contributed by atoms with E-state index in [1.165, 1.54) is 16.5 Å². The van der Waals surface area contributed by atoms with Crippen LogP contribution in [0.1, 0.15) is 0 Å². The van der Waals surface area contributed by atoms with E-state index >= 15 is 0 Å². The lowest BCUT2D eigenvalue weighted by atomic mass is 10.1. The maximum absolute atomic E-state index is 3.49. The fraction of sp³-hybridized carbons (Fsp3) is 0.231. The van der Waals surface area contributed by atoms with Gasteiger partial charge in [0.15, 0.2) is 0 Å². The van der Waals surface area contributed by atoms with Crippen LogP contribution >= 0.6 is 15.9 Å². The van der Waals surface area contributed by atoms with Crippen LogP contribution < -0.4 is 28.5 Å². The number of rotatable bonds is 1. The lowest BCUT2D eigenvalue weighted by Crippen LogP contribution is -3.00. The van der Waals surface area contributed by atoms with Crippen LogP contribution in [0.25, 0.3) is 10.8 Å². The zero-order valence-corrected chi connectivity index (χ0v) is 13.4. The molecule has 0 amide bonds. The largest absolute Gasteiger partial charge is 1.00 e. The van der Waals surface area contributed by atoms with Crippen LogP contribution in [0.15, 0.2) is 40.9 Å². The van der Waals surface area contributed by atoms with Gasteiger partial charge in [0.1, 0.15) is 5.69 Å². The number of halogens is 2. The smallest absolute Gasteiger partial charge is 0.132 e. The molecule has 0 heterocycles. The molecule has 2 aromatic carbocycles. The van der Waals surface area contributed by atoms with Crippen LogP contribution in [0.5, 0.6) is 0 Å². The van der Waals surface area contributed by atoms with E-state index in [2.05, 4.69) is 73.5 Å². The first kappa shape index (κ1) is 13.9. The van der Waals surface area contributed by atoms with E-state index in [9.17, 15) is 0 Å². The Bertz CT molecular complexity index is 503. The van der Waals surface area contributed by atoms with Gasteiger partial charge in [0.05, 0.1) is 21.1 Å². The van der Waals surface area contributed by atoms with E-state index in [1.807, 2.05) is 0 Å². The molecule has 0 aliphatic carbocycles. The zero-order valence-electron chi connectivity index (χ0n) is 9.67. The molecule has 0 saturated carbocycles. The van der Waals surface area contributed by atoms with E-state index in [1.54, 1.807) is 0 Å². The summed E-state index contributed by atoms with van der Waals surface area (Å²) in [6, 6.07) is 13.0. The summed E-state index contributed by atoms with van der Waals surface area (Å²) in [6.07, 6.45) is 0. The molecule has 0 atom stereocenters. The highest BCUT2D eigenvalue weighted by atomic mass is 127. The molecule has 0 fully saturated rings. The van der Waals surface area contributed by atoms with Gasteiger partial charge in [-0.3, -0.25) is 4.48 Å². The Balaban J connectivity index is 0.00000128. The van der Waals surface area contributed by atoms with Gasteiger partial charge >= 0.3 is 0 Å². The first-order valence-corrected chi connectivity index (χ1v) is 5.77. The van der Waals surface area contributed by atoms with Gasteiger partial charge in [-0.2, -0.15) is 0 Å². The molecule has 2 aromatic rings. The third-order valence-electron chi connectivity index (χ3n) is 2.56. The molecular weight excluding hydrogens is 377 g/mol. The summed E-state index contributed by atoms with van der Waals surface area (Å²) in [5, 5.41) is 2.57. The van der Waals surface area contributed by atoms with Crippen molar-refractivity contribution in [2.24, 2.45) is 0 Å². The molecule has 0 aliphatic rings. The Hall–Kier alpha value is -0.130. The van der Waals surface area contributed by atoms with Gasteiger partial charge in [-0.1, -0.05) is 22.0 Å². The molecular formula is C13H15BrIN. The standard InChI is InChI=1S/C13H15BrN.HI/c1-15(2,3)13-7-5-10-8-12(14)6-4-11(10)9-13;/h4-9H,1-3H3;1H/q+1;/p-1. The molecule has 16 heavy (non-hydrogen) atoms. The van der Waals surface area contributed by atoms with Crippen LogP contribution in [0, 0.1) is 0 Å². The highest BCUT2D eigenvalue weighted by Gasteiger charge is 2.11. The van der Waals surface area contributed by atoms with Crippen molar-refractivity contribution in [2.75, 3.05) is 21.1 Å². The molecule has 0 N–H and O–H groups in total. The number of nitrogens with zero attached hydrogens (tertiary/aromatic N) is 1. The highest BCUT2D eigenvalue weighted by molar-refractivity contribution is 9.10. The van der Waals surface area contributed by atoms with Crippen molar-refractivity contribution in [2.45, 2.75) is 0 Å². The Labute approximate surface area is 122 Å². The first-order chi connectivity index (χ1) is 6.97. The number of fused-ring (bicyclic) bond motifs is 1. The van der Waals surface area contributed by atoms with Crippen molar-refractivity contribution in [1.29, 1.82) is 0 Å². The van der Waals surface area contributed by atoms with Crippen molar-refractivity contribution < 1.29 is 24.0 Å². The molecule has 3 heteroatoms. The van der Waals surface area contributed by atoms with Crippen LogP contribution in [-0.4, -0.2) is 21.1 Å². The Morgan fingerprint density at radius 2 is 1.44 bits per heavy atom. The average molecular weight is 392 g/mol. The first-order valence-electron chi connectivity index (χ1n) is 4.98. The fourth-order valence-electron chi connectivity index (χ4n) is 1.62. The van der Waals surface area contributed by atoms with E-state index in [4.69, 9.17) is 0 Å². The van der Waals surface area contributed by atoms with Crippen LogP contribution in [-0.2, 0) is 0 Å². The molecule has 0 saturated heterocycles. The summed E-state index contributed by atoms with van der Waals surface area (Å²) < 4.78 is 1.99. The van der Waals surface area contributed by atoms with Crippen LogP contribution in [0.2, 0.25) is 0 Å². The second-order valence-corrected chi connectivity index (χ2v) is 5.60. The third-order valence-corrected chi connectivity index (χ3v) is 3.05. The molecule has 0 unspecified atom stereocenters. The Kier molecular flexibility index (Phi) is 4.37. The van der Waals surface area contributed by atoms with E-state index in [0.717, 1.165) is 8.96 Å². The quantitative estimate of drug-likeness (QED) is 0.498. The third kappa shape index (κ3) is 2.96. The number of benzene rings is 2. The normalized spacial score (nSPS) is 11.2. The molecule has 2 rings (SSSR count). The van der Waals surface area contributed by atoms with Gasteiger partial charge in [0.2, 0.25) is 0 Å². The van der Waals surface area contributed by atoms with Crippen LogP contribution in [0.4, 0.5) is 5.69 Å². The Morgan fingerprint density at radius 3 is 2.06 bits per heavy atom. The molecule has 0 spiro atoms. The molecule has 0 aromatic heterocycles. The predicted molar refractivity (Wildman–Crippen MR) is 71.2 cm³/mol. The van der Waals surface area contributed by atoms with E-state index in [0.29, 0.717) is 0 Å². The molecule has 0 radical (unpaired) electrons. The average Bonchev–Trinajstić information content (AvgIpc) is 2.15. The van der Waals surface area contributed by atoms with Crippen LogP contribution in [0.3, 0.4) is 0 Å². The highest BCUT2D eigenvalue weighted by Crippen LogP contribution is 2.25. The summed E-state index contributed by atoms with van der Waals surface area (Å²) in [5.74, 6) is 0. The lowest BCUT2D eigenvalue weighted by Gasteiger charge is -2.23. The predicted octanol–water partition coefficient (Wildman–Crippen LogP) is 0.803. The minimum atomic E-state index is 0. The SMILES string of the molecule is C[N+](C)(C)c1ccc2cc(Br)ccc2c1.[I-]. The second kappa shape index (κ2) is 5.02. The Morgan fingerprint density at radius 1 is 0.875 bits per heavy atom. The van der Waals surface area contributed by atoms with Gasteiger partial charge in [-0.15, -0.1) is 0 Å². The molecule has 86 valence electrons. The number of quaternary nitrogens is 1. The summed E-state index contributed by atoms with van der Waals surface area (Å²) in [5.41, 5.74) is 1.32.